The number of ether oxygens (including phenoxy) is 1. The summed E-state index contributed by atoms with van der Waals surface area (Å²) in [5.74, 6) is -0.830. The van der Waals surface area contributed by atoms with Crippen molar-refractivity contribution in [2.45, 2.75) is 71.4 Å². The predicted molar refractivity (Wildman–Crippen MR) is 129 cm³/mol. The van der Waals surface area contributed by atoms with Crippen molar-refractivity contribution in [2.75, 3.05) is 0 Å². The molecule has 3 aliphatic heterocycles. The molecule has 4 heterocycles. The second kappa shape index (κ2) is 8.03. The fourth-order valence-corrected chi connectivity index (χ4v) is 6.12. The van der Waals surface area contributed by atoms with Gasteiger partial charge in [-0.25, -0.2) is 4.39 Å². The number of rotatable bonds is 0. The highest BCUT2D eigenvalue weighted by Gasteiger charge is 2.32. The van der Waals surface area contributed by atoms with E-state index in [0.29, 0.717) is 12.1 Å². The largest absolute Gasteiger partial charge is 0.461 e. The summed E-state index contributed by atoms with van der Waals surface area (Å²) in [6, 6.07) is 2.04. The Morgan fingerprint density at radius 1 is 1.15 bits per heavy atom. The van der Waals surface area contributed by atoms with E-state index in [1.165, 1.54) is 16.7 Å². The van der Waals surface area contributed by atoms with Gasteiger partial charge in [-0.05, 0) is 61.3 Å². The number of fused-ring (bicyclic) bond motifs is 3. The zero-order valence-corrected chi connectivity index (χ0v) is 19.7. The van der Waals surface area contributed by atoms with Gasteiger partial charge in [-0.2, -0.15) is 0 Å². The summed E-state index contributed by atoms with van der Waals surface area (Å²) < 4.78 is 22.1. The third kappa shape index (κ3) is 3.46. The second-order valence-corrected chi connectivity index (χ2v) is 10.3. The molecule has 1 aromatic heterocycles. The van der Waals surface area contributed by atoms with Crippen molar-refractivity contribution < 1.29 is 13.9 Å². The molecule has 0 aromatic carbocycles. The van der Waals surface area contributed by atoms with E-state index in [9.17, 15) is 9.59 Å². The van der Waals surface area contributed by atoms with Crippen LogP contribution in [0.4, 0.5) is 4.39 Å². The molecule has 0 N–H and O–H groups in total. The van der Waals surface area contributed by atoms with Crippen LogP contribution in [0.5, 0.6) is 0 Å². The number of esters is 1. The monoisotopic (exact) mass is 460 g/mol. The van der Waals surface area contributed by atoms with Gasteiger partial charge < -0.3 is 9.30 Å². The molecule has 6 heteroatoms. The molecule has 0 saturated carbocycles. The molecular formula is C28H29FN2O3. The van der Waals surface area contributed by atoms with Gasteiger partial charge in [0.15, 0.2) is 0 Å². The van der Waals surface area contributed by atoms with E-state index in [4.69, 9.17) is 9.73 Å². The lowest BCUT2D eigenvalue weighted by molar-refractivity contribution is -0.144. The number of cyclic esters (lactones) is 1. The minimum Gasteiger partial charge on any atom is -0.461 e. The number of allylic oxidation sites excluding steroid dienone is 7. The number of hydrogen-bond donors (Lipinski definition) is 0. The molecule has 5 nitrogen and oxygen atoms in total. The molecule has 2 bridgehead atoms. The number of carbonyl (C=O) groups is 1. The van der Waals surface area contributed by atoms with Gasteiger partial charge >= 0.3 is 5.97 Å². The maximum absolute atomic E-state index is 15.0. The normalized spacial score (nSPS) is 29.7. The molecule has 3 atom stereocenters. The van der Waals surface area contributed by atoms with Crippen LogP contribution in [0.2, 0.25) is 0 Å². The van der Waals surface area contributed by atoms with E-state index >= 15 is 4.39 Å². The van der Waals surface area contributed by atoms with Gasteiger partial charge in [0.25, 0.3) is 5.56 Å². The van der Waals surface area contributed by atoms with Gasteiger partial charge in [0.1, 0.15) is 12.4 Å². The fourth-order valence-electron chi connectivity index (χ4n) is 6.12. The molecule has 5 aliphatic rings. The zero-order valence-electron chi connectivity index (χ0n) is 19.7. The first kappa shape index (κ1) is 21.5. The van der Waals surface area contributed by atoms with Crippen molar-refractivity contribution >= 4 is 17.4 Å². The van der Waals surface area contributed by atoms with Crippen LogP contribution in [0.15, 0.2) is 56.6 Å². The first-order valence-corrected chi connectivity index (χ1v) is 12.4. The minimum atomic E-state index is -0.277. The molecule has 0 spiro atoms. The Bertz CT molecular complexity index is 1320. The molecule has 176 valence electrons. The summed E-state index contributed by atoms with van der Waals surface area (Å²) in [7, 11) is 0. The van der Waals surface area contributed by atoms with E-state index in [1.807, 2.05) is 19.9 Å². The van der Waals surface area contributed by atoms with Crippen molar-refractivity contribution in [1.29, 1.82) is 0 Å². The number of halogens is 1. The van der Waals surface area contributed by atoms with E-state index in [-0.39, 0.29) is 48.1 Å². The third-order valence-corrected chi connectivity index (χ3v) is 7.98. The van der Waals surface area contributed by atoms with Gasteiger partial charge in [0.2, 0.25) is 0 Å². The average molecular weight is 461 g/mol. The fraction of sp³-hybridized carbons (Fsp3) is 0.464. The highest BCUT2D eigenvalue weighted by atomic mass is 19.1. The molecule has 0 amide bonds. The zero-order chi connectivity index (χ0) is 23.6. The van der Waals surface area contributed by atoms with Crippen molar-refractivity contribution in [3.05, 3.63) is 74.0 Å². The topological polar surface area (TPSA) is 60.7 Å². The lowest BCUT2D eigenvalue weighted by Gasteiger charge is -2.28. The van der Waals surface area contributed by atoms with Crippen molar-refractivity contribution in [3.8, 4) is 0 Å². The molecule has 0 fully saturated rings. The van der Waals surface area contributed by atoms with Crippen LogP contribution in [0.25, 0.3) is 5.70 Å². The van der Waals surface area contributed by atoms with Crippen LogP contribution in [0.3, 0.4) is 0 Å². The maximum atomic E-state index is 15.0. The highest BCUT2D eigenvalue weighted by molar-refractivity contribution is 6.04. The van der Waals surface area contributed by atoms with Crippen LogP contribution < -0.4 is 5.56 Å². The van der Waals surface area contributed by atoms with Crippen molar-refractivity contribution in [2.24, 2.45) is 16.8 Å². The number of pyridine rings is 1. The summed E-state index contributed by atoms with van der Waals surface area (Å²) in [5, 5.41) is 0. The molecule has 34 heavy (non-hydrogen) atoms. The van der Waals surface area contributed by atoms with Crippen LogP contribution in [0, 0.1) is 11.8 Å². The predicted octanol–water partition coefficient (Wildman–Crippen LogP) is 5.51. The Morgan fingerprint density at radius 2 is 2.00 bits per heavy atom. The molecule has 2 aliphatic carbocycles. The van der Waals surface area contributed by atoms with Gasteiger partial charge in [0.05, 0.1) is 29.1 Å². The molecule has 0 unspecified atom stereocenters. The van der Waals surface area contributed by atoms with E-state index < -0.39 is 0 Å². The van der Waals surface area contributed by atoms with Gasteiger partial charge in [0, 0.05) is 18.4 Å². The van der Waals surface area contributed by atoms with Crippen LogP contribution in [0.1, 0.15) is 75.1 Å². The maximum Gasteiger partial charge on any atom is 0.306 e. The van der Waals surface area contributed by atoms with Crippen molar-refractivity contribution in [3.63, 3.8) is 0 Å². The van der Waals surface area contributed by atoms with Gasteiger partial charge in [-0.3, -0.25) is 14.6 Å². The average Bonchev–Trinajstić information content (AvgIpc) is 3.12. The Morgan fingerprint density at radius 3 is 2.85 bits per heavy atom. The summed E-state index contributed by atoms with van der Waals surface area (Å²) in [5.41, 5.74) is 7.49. The van der Waals surface area contributed by atoms with E-state index in [1.54, 1.807) is 10.6 Å². The van der Waals surface area contributed by atoms with Crippen LogP contribution in [-0.2, 0) is 22.7 Å². The number of nitrogens with zero attached hydrogens (tertiary/aromatic N) is 2. The Kier molecular flexibility index (Phi) is 5.08. The molecule has 1 aromatic rings. The summed E-state index contributed by atoms with van der Waals surface area (Å²) in [4.78, 5) is 30.7. The standard InChI is InChI=1S/C28H29FN2O3/c1-15-9-26(32)34-14-22-20(15)12-25-27-19(6-7-31(25)28(22)33)10-17-4-3-5-18-8-16(2)23(29)13-24(30-27)21(18)11-17/h8,11-13,15-16,21H,3-7,9-10,14H2,1-2H3/b30-24-/t15-,16-,21+/m0/s1. The lowest BCUT2D eigenvalue weighted by atomic mass is 9.87. The highest BCUT2D eigenvalue weighted by Crippen LogP contribution is 2.42. The lowest BCUT2D eigenvalue weighted by Crippen LogP contribution is -2.31. The Balaban J connectivity index is 1.58. The number of aliphatic imine (C=N–C) groups is 1. The Hall–Kier alpha value is -3.02. The van der Waals surface area contributed by atoms with E-state index in [2.05, 4.69) is 12.2 Å². The molecule has 0 saturated heterocycles. The molecular weight excluding hydrogens is 431 g/mol. The quantitative estimate of drug-likeness (QED) is 0.379. The molecule has 6 rings (SSSR count). The third-order valence-electron chi connectivity index (χ3n) is 7.98. The van der Waals surface area contributed by atoms with Crippen molar-refractivity contribution in [1.82, 2.24) is 4.57 Å². The minimum absolute atomic E-state index is 0.0184. The first-order chi connectivity index (χ1) is 16.4. The van der Waals surface area contributed by atoms with Crippen LogP contribution >= 0.6 is 0 Å². The number of carbonyl (C=O) groups excluding carboxylic acids is 1. The number of hydrogen-bond acceptors (Lipinski definition) is 4. The smallest absolute Gasteiger partial charge is 0.306 e. The number of aromatic nitrogens is 1. The van der Waals surface area contributed by atoms with Crippen LogP contribution in [-0.4, -0.2) is 16.2 Å². The Labute approximate surface area is 198 Å². The summed E-state index contributed by atoms with van der Waals surface area (Å²) in [6.07, 6.45) is 10.9. The molecule has 0 radical (unpaired) electrons. The first-order valence-electron chi connectivity index (χ1n) is 12.4. The van der Waals surface area contributed by atoms with Gasteiger partial charge in [-0.15, -0.1) is 0 Å². The van der Waals surface area contributed by atoms with Gasteiger partial charge in [-0.1, -0.05) is 37.1 Å². The summed E-state index contributed by atoms with van der Waals surface area (Å²) >= 11 is 0. The van der Waals surface area contributed by atoms with E-state index in [0.717, 1.165) is 54.8 Å². The second-order valence-electron chi connectivity index (χ2n) is 10.3. The SMILES string of the molecule is C[C@H]1C=C2CCCC3=C[C@H]2/C(=N\C2=C(CCn4c2cc2c(c4=O)COC(=O)C[C@@H]2C)C3)C=C1F. The summed E-state index contributed by atoms with van der Waals surface area (Å²) in [6.45, 7) is 4.46.